The summed E-state index contributed by atoms with van der Waals surface area (Å²) < 4.78 is 2.38. The zero-order valence-electron chi connectivity index (χ0n) is 15.2. The van der Waals surface area contributed by atoms with E-state index in [2.05, 4.69) is 33.8 Å². The minimum atomic E-state index is 0.110. The van der Waals surface area contributed by atoms with Gasteiger partial charge in [0.05, 0.1) is 11.9 Å². The van der Waals surface area contributed by atoms with Crippen LogP contribution < -0.4 is 0 Å². The van der Waals surface area contributed by atoms with Gasteiger partial charge in [-0.25, -0.2) is 4.98 Å². The predicted molar refractivity (Wildman–Crippen MR) is 103 cm³/mol. The van der Waals surface area contributed by atoms with Crippen LogP contribution in [0.2, 0.25) is 0 Å². The van der Waals surface area contributed by atoms with Gasteiger partial charge < -0.3 is 9.47 Å². The molecular formula is C22H22N4O. The van der Waals surface area contributed by atoms with Crippen LogP contribution in [0.1, 0.15) is 35.4 Å². The second kappa shape index (κ2) is 6.34. The van der Waals surface area contributed by atoms with Crippen molar-refractivity contribution in [3.8, 4) is 11.3 Å². The number of amides is 1. The predicted octanol–water partition coefficient (Wildman–Crippen LogP) is 3.52. The third-order valence-corrected chi connectivity index (χ3v) is 6.15. The zero-order chi connectivity index (χ0) is 18.3. The summed E-state index contributed by atoms with van der Waals surface area (Å²) in [4.78, 5) is 23.5. The first-order valence-electron chi connectivity index (χ1n) is 9.58. The van der Waals surface area contributed by atoms with Gasteiger partial charge in [-0.05, 0) is 37.0 Å². The lowest BCUT2D eigenvalue weighted by atomic mass is 9.76. The van der Waals surface area contributed by atoms with Gasteiger partial charge in [-0.3, -0.25) is 9.78 Å². The molecule has 0 bridgehead atoms. The van der Waals surface area contributed by atoms with Gasteiger partial charge in [0.25, 0.3) is 5.91 Å². The first kappa shape index (κ1) is 16.2. The summed E-state index contributed by atoms with van der Waals surface area (Å²) >= 11 is 0. The van der Waals surface area contributed by atoms with Crippen molar-refractivity contribution < 1.29 is 4.79 Å². The number of carbonyl (C=O) groups excluding carboxylic acids is 1. The van der Waals surface area contributed by atoms with Crippen LogP contribution in [-0.4, -0.2) is 38.4 Å². The molecule has 5 nitrogen and oxygen atoms in total. The van der Waals surface area contributed by atoms with E-state index in [9.17, 15) is 4.79 Å². The van der Waals surface area contributed by atoms with Crippen LogP contribution in [-0.2, 0) is 12.0 Å². The molecule has 2 aromatic heterocycles. The number of pyridine rings is 1. The van der Waals surface area contributed by atoms with E-state index in [0.29, 0.717) is 0 Å². The number of fused-ring (bicyclic) bond motifs is 2. The molecule has 0 aliphatic carbocycles. The fraction of sp³-hybridized carbons (Fsp3) is 0.318. The first-order chi connectivity index (χ1) is 13.3. The second-order valence-corrected chi connectivity index (χ2v) is 7.54. The highest BCUT2D eigenvalue weighted by atomic mass is 16.2. The number of imidazole rings is 1. The van der Waals surface area contributed by atoms with Gasteiger partial charge in [0.1, 0.15) is 5.82 Å². The largest absolute Gasteiger partial charge is 0.339 e. The van der Waals surface area contributed by atoms with Gasteiger partial charge in [-0.1, -0.05) is 30.3 Å². The highest BCUT2D eigenvalue weighted by molar-refractivity contribution is 5.94. The molecule has 136 valence electrons. The maximum absolute atomic E-state index is 12.7. The number of nitrogens with zero attached hydrogens (tertiary/aromatic N) is 4. The molecule has 5 rings (SSSR count). The molecule has 2 aliphatic rings. The van der Waals surface area contributed by atoms with Crippen molar-refractivity contribution in [2.24, 2.45) is 0 Å². The molecule has 3 aromatic rings. The number of carbonyl (C=O) groups is 1. The Morgan fingerprint density at radius 3 is 2.37 bits per heavy atom. The lowest BCUT2D eigenvalue weighted by Gasteiger charge is -2.38. The Balaban J connectivity index is 1.36. The molecule has 1 fully saturated rings. The van der Waals surface area contributed by atoms with Crippen molar-refractivity contribution in [1.82, 2.24) is 19.4 Å². The summed E-state index contributed by atoms with van der Waals surface area (Å²) in [5.41, 5.74) is 3.26. The van der Waals surface area contributed by atoms with Crippen LogP contribution in [0.25, 0.3) is 11.3 Å². The summed E-state index contributed by atoms with van der Waals surface area (Å²) in [6.45, 7) is 2.58. The Morgan fingerprint density at radius 1 is 0.926 bits per heavy atom. The Labute approximate surface area is 158 Å². The van der Waals surface area contributed by atoms with Crippen LogP contribution in [0.4, 0.5) is 0 Å². The normalized spacial score (nSPS) is 17.9. The average Bonchev–Trinajstić information content (AvgIpc) is 3.31. The maximum Gasteiger partial charge on any atom is 0.253 e. The molecule has 0 atom stereocenters. The van der Waals surface area contributed by atoms with Gasteiger partial charge >= 0.3 is 0 Å². The van der Waals surface area contributed by atoms with Crippen LogP contribution >= 0.6 is 0 Å². The monoisotopic (exact) mass is 358 g/mol. The number of hydrogen-bond acceptors (Lipinski definition) is 3. The van der Waals surface area contributed by atoms with E-state index in [4.69, 9.17) is 4.98 Å². The van der Waals surface area contributed by atoms with E-state index in [1.54, 1.807) is 24.5 Å². The van der Waals surface area contributed by atoms with Gasteiger partial charge in [0.2, 0.25) is 0 Å². The van der Waals surface area contributed by atoms with Crippen molar-refractivity contribution in [3.05, 3.63) is 72.4 Å². The molecule has 0 saturated carbocycles. The van der Waals surface area contributed by atoms with Gasteiger partial charge in [-0.2, -0.15) is 0 Å². The minimum absolute atomic E-state index is 0.110. The van der Waals surface area contributed by atoms with Crippen LogP contribution in [0, 0.1) is 0 Å². The van der Waals surface area contributed by atoms with E-state index in [-0.39, 0.29) is 11.3 Å². The van der Waals surface area contributed by atoms with Crippen LogP contribution in [0.5, 0.6) is 0 Å². The smallest absolute Gasteiger partial charge is 0.253 e. The van der Waals surface area contributed by atoms with E-state index >= 15 is 0 Å². The third-order valence-electron chi connectivity index (χ3n) is 6.15. The van der Waals surface area contributed by atoms with Crippen molar-refractivity contribution in [1.29, 1.82) is 0 Å². The Kier molecular flexibility index (Phi) is 3.81. The average molecular weight is 358 g/mol. The van der Waals surface area contributed by atoms with E-state index in [1.807, 2.05) is 17.2 Å². The molecule has 4 heterocycles. The number of likely N-dealkylation sites (tertiary alicyclic amines) is 1. The summed E-state index contributed by atoms with van der Waals surface area (Å²) in [6.07, 6.45) is 8.45. The first-order valence-corrected chi connectivity index (χ1v) is 9.58. The van der Waals surface area contributed by atoms with Gasteiger partial charge in [-0.15, -0.1) is 0 Å². The van der Waals surface area contributed by atoms with Crippen molar-refractivity contribution >= 4 is 5.91 Å². The number of piperidine rings is 1. The SMILES string of the molecule is O=C(c1ccncc1)N1CCC2(CC1)CCn1c(-c3ccccc3)cnc12. The standard InChI is InChI=1S/C22H22N4O/c27-20(18-6-11-23-12-7-18)25-13-8-22(9-14-25)10-15-26-19(16-24-21(22)26)17-4-2-1-3-5-17/h1-7,11-12,16H,8-10,13-15H2. The topological polar surface area (TPSA) is 51.0 Å². The molecule has 1 saturated heterocycles. The number of hydrogen-bond donors (Lipinski definition) is 0. The molecule has 1 spiro atoms. The molecule has 27 heavy (non-hydrogen) atoms. The fourth-order valence-electron chi connectivity index (χ4n) is 4.59. The van der Waals surface area contributed by atoms with Crippen molar-refractivity contribution in [2.45, 2.75) is 31.2 Å². The van der Waals surface area contributed by atoms with E-state index < -0.39 is 0 Å². The number of benzene rings is 1. The second-order valence-electron chi connectivity index (χ2n) is 7.54. The van der Waals surface area contributed by atoms with Crippen molar-refractivity contribution in [3.63, 3.8) is 0 Å². The Bertz CT molecular complexity index is 956. The minimum Gasteiger partial charge on any atom is -0.339 e. The highest BCUT2D eigenvalue weighted by Crippen LogP contribution is 2.44. The van der Waals surface area contributed by atoms with E-state index in [1.165, 1.54) is 17.1 Å². The molecular weight excluding hydrogens is 336 g/mol. The number of aromatic nitrogens is 3. The molecule has 1 aromatic carbocycles. The fourth-order valence-corrected chi connectivity index (χ4v) is 4.59. The lowest BCUT2D eigenvalue weighted by Crippen LogP contribution is -2.44. The lowest BCUT2D eigenvalue weighted by molar-refractivity contribution is 0.0663. The summed E-state index contributed by atoms with van der Waals surface area (Å²) in [5.74, 6) is 1.32. The molecule has 0 N–H and O–H groups in total. The van der Waals surface area contributed by atoms with Gasteiger partial charge in [0, 0.05) is 43.0 Å². The van der Waals surface area contributed by atoms with Gasteiger partial charge in [0.15, 0.2) is 0 Å². The summed E-state index contributed by atoms with van der Waals surface area (Å²) in [7, 11) is 0. The quantitative estimate of drug-likeness (QED) is 0.704. The summed E-state index contributed by atoms with van der Waals surface area (Å²) in [5, 5.41) is 0. The molecule has 5 heteroatoms. The number of rotatable bonds is 2. The molecule has 1 amide bonds. The molecule has 0 unspecified atom stereocenters. The highest BCUT2D eigenvalue weighted by Gasteiger charge is 2.44. The Morgan fingerprint density at radius 2 is 1.63 bits per heavy atom. The Hall–Kier alpha value is -2.95. The maximum atomic E-state index is 12.7. The van der Waals surface area contributed by atoms with Crippen LogP contribution in [0.15, 0.2) is 61.1 Å². The summed E-state index contributed by atoms with van der Waals surface area (Å²) in [6, 6.07) is 14.1. The van der Waals surface area contributed by atoms with Crippen LogP contribution in [0.3, 0.4) is 0 Å². The molecule has 2 aliphatic heterocycles. The molecule has 0 radical (unpaired) electrons. The zero-order valence-corrected chi connectivity index (χ0v) is 15.2. The third kappa shape index (κ3) is 2.65. The van der Waals surface area contributed by atoms with E-state index in [0.717, 1.165) is 44.5 Å². The van der Waals surface area contributed by atoms with Crippen molar-refractivity contribution in [2.75, 3.05) is 13.1 Å².